The molecule has 21 heavy (non-hydrogen) atoms. The first-order valence-electron chi connectivity index (χ1n) is 6.84. The van der Waals surface area contributed by atoms with Crippen LogP contribution in [-0.4, -0.2) is 38.7 Å². The van der Waals surface area contributed by atoms with Crippen molar-refractivity contribution in [2.24, 2.45) is 5.41 Å². The van der Waals surface area contributed by atoms with Crippen molar-refractivity contribution in [1.29, 1.82) is 0 Å². The first-order valence-corrected chi connectivity index (χ1v) is 7.72. The van der Waals surface area contributed by atoms with E-state index in [-0.39, 0.29) is 23.8 Å². The molecular formula is C14H18N4O2S. The lowest BCUT2D eigenvalue weighted by atomic mass is 9.85. The van der Waals surface area contributed by atoms with E-state index in [0.717, 1.165) is 10.7 Å². The topological polar surface area (TPSA) is 66.7 Å². The summed E-state index contributed by atoms with van der Waals surface area (Å²) in [5.41, 5.74) is 0.498. The van der Waals surface area contributed by atoms with Crippen molar-refractivity contribution in [3.63, 3.8) is 0 Å². The number of carbonyl (C=O) groups excluding carboxylic acids is 2. The summed E-state index contributed by atoms with van der Waals surface area (Å²) in [5, 5.41) is 4.75. The predicted molar refractivity (Wildman–Crippen MR) is 79.9 cm³/mol. The first-order chi connectivity index (χ1) is 9.84. The largest absolute Gasteiger partial charge is 0.342 e. The molecule has 2 amide bonds. The number of thiazole rings is 1. The Bertz CT molecular complexity index is 669. The summed E-state index contributed by atoms with van der Waals surface area (Å²) in [6, 6.07) is -0.484. The third-order valence-electron chi connectivity index (χ3n) is 3.56. The lowest BCUT2D eigenvalue weighted by Crippen LogP contribution is -2.61. The van der Waals surface area contributed by atoms with Gasteiger partial charge in [-0.15, -0.1) is 11.3 Å². The highest BCUT2D eigenvalue weighted by Gasteiger charge is 2.40. The van der Waals surface area contributed by atoms with Gasteiger partial charge >= 0.3 is 0 Å². The molecule has 3 rings (SSSR count). The molecule has 0 saturated carbocycles. The number of fused-ring (bicyclic) bond motifs is 1. The van der Waals surface area contributed by atoms with Crippen LogP contribution in [0.25, 0.3) is 4.96 Å². The van der Waals surface area contributed by atoms with E-state index in [1.807, 2.05) is 42.9 Å². The molecule has 0 spiro atoms. The number of rotatable bonds is 2. The molecule has 2 aromatic rings. The minimum Gasteiger partial charge on any atom is -0.342 e. The standard InChI is InChI=1S/C14H18N4O2S/c1-14(2,3)11-12(20)18(8-10(19)16-11)7-9-6-17-4-5-21-13(17)15-9/h4-6,11H,7-8H2,1-3H3,(H,16,19). The zero-order chi connectivity index (χ0) is 15.2. The smallest absolute Gasteiger partial charge is 0.246 e. The van der Waals surface area contributed by atoms with E-state index in [4.69, 9.17) is 0 Å². The molecule has 1 saturated heterocycles. The molecule has 7 heteroatoms. The average molecular weight is 306 g/mol. The highest BCUT2D eigenvalue weighted by Crippen LogP contribution is 2.24. The van der Waals surface area contributed by atoms with Gasteiger partial charge in [-0.3, -0.25) is 14.0 Å². The summed E-state index contributed by atoms with van der Waals surface area (Å²) in [6.45, 7) is 6.31. The molecular weight excluding hydrogens is 288 g/mol. The predicted octanol–water partition coefficient (Wildman–Crippen LogP) is 1.27. The van der Waals surface area contributed by atoms with Crippen LogP contribution in [-0.2, 0) is 16.1 Å². The van der Waals surface area contributed by atoms with E-state index in [1.165, 1.54) is 0 Å². The summed E-state index contributed by atoms with van der Waals surface area (Å²) < 4.78 is 1.93. The van der Waals surface area contributed by atoms with Gasteiger partial charge in [-0.05, 0) is 5.41 Å². The molecule has 1 unspecified atom stereocenters. The molecule has 6 nitrogen and oxygen atoms in total. The van der Waals surface area contributed by atoms with Crippen LogP contribution in [0.2, 0.25) is 0 Å². The second-order valence-electron chi connectivity index (χ2n) is 6.39. The van der Waals surface area contributed by atoms with Crippen molar-refractivity contribution >= 4 is 28.1 Å². The zero-order valence-corrected chi connectivity index (χ0v) is 13.1. The maximum atomic E-state index is 12.6. The number of carbonyl (C=O) groups is 2. The number of imidazole rings is 1. The summed E-state index contributed by atoms with van der Waals surface area (Å²) in [4.78, 5) is 31.4. The van der Waals surface area contributed by atoms with Gasteiger partial charge in [0.1, 0.15) is 12.6 Å². The SMILES string of the molecule is CC(C)(C)C1NC(=O)CN(Cc2cn3ccsc3n2)C1=O. The third kappa shape index (κ3) is 2.65. The van der Waals surface area contributed by atoms with Gasteiger partial charge in [0.15, 0.2) is 4.96 Å². The van der Waals surface area contributed by atoms with Gasteiger partial charge < -0.3 is 10.2 Å². The van der Waals surface area contributed by atoms with Gasteiger partial charge in [0.2, 0.25) is 11.8 Å². The Morgan fingerprint density at radius 1 is 1.43 bits per heavy atom. The first kappa shape index (κ1) is 14.1. The second-order valence-corrected chi connectivity index (χ2v) is 7.26. The van der Waals surface area contributed by atoms with E-state index >= 15 is 0 Å². The Morgan fingerprint density at radius 3 is 2.86 bits per heavy atom. The monoisotopic (exact) mass is 306 g/mol. The molecule has 1 atom stereocenters. The number of hydrogen-bond acceptors (Lipinski definition) is 4. The number of amides is 2. The molecule has 112 valence electrons. The van der Waals surface area contributed by atoms with Crippen LogP contribution in [0.5, 0.6) is 0 Å². The molecule has 1 aliphatic heterocycles. The van der Waals surface area contributed by atoms with Crippen LogP contribution in [0.15, 0.2) is 17.8 Å². The molecule has 1 N–H and O–H groups in total. The van der Waals surface area contributed by atoms with Crippen molar-refractivity contribution in [1.82, 2.24) is 19.6 Å². The van der Waals surface area contributed by atoms with Crippen LogP contribution in [0.4, 0.5) is 0 Å². The van der Waals surface area contributed by atoms with Crippen LogP contribution < -0.4 is 5.32 Å². The van der Waals surface area contributed by atoms with Gasteiger partial charge in [-0.25, -0.2) is 4.98 Å². The van der Waals surface area contributed by atoms with Gasteiger partial charge in [0.05, 0.1) is 12.2 Å². The third-order valence-corrected chi connectivity index (χ3v) is 4.33. The number of piperazine rings is 1. The normalized spacial score (nSPS) is 20.1. The van der Waals surface area contributed by atoms with Crippen LogP contribution in [0, 0.1) is 5.41 Å². The lowest BCUT2D eigenvalue weighted by Gasteiger charge is -2.38. The highest BCUT2D eigenvalue weighted by molar-refractivity contribution is 7.15. The fraction of sp³-hybridized carbons (Fsp3) is 0.500. The molecule has 0 radical (unpaired) electrons. The number of nitrogens with zero attached hydrogens (tertiary/aromatic N) is 3. The van der Waals surface area contributed by atoms with E-state index in [9.17, 15) is 9.59 Å². The highest BCUT2D eigenvalue weighted by atomic mass is 32.1. The maximum Gasteiger partial charge on any atom is 0.246 e. The summed E-state index contributed by atoms with van der Waals surface area (Å²) in [5.74, 6) is -0.158. The molecule has 1 aliphatic rings. The molecule has 3 heterocycles. The Morgan fingerprint density at radius 2 is 2.19 bits per heavy atom. The Kier molecular flexibility index (Phi) is 3.24. The minimum atomic E-state index is -0.484. The van der Waals surface area contributed by atoms with E-state index in [1.54, 1.807) is 16.2 Å². The molecule has 0 aliphatic carbocycles. The van der Waals surface area contributed by atoms with Crippen molar-refractivity contribution in [2.45, 2.75) is 33.4 Å². The van der Waals surface area contributed by atoms with Gasteiger partial charge in [0, 0.05) is 17.8 Å². The Labute approximate surface area is 126 Å². The van der Waals surface area contributed by atoms with Gasteiger partial charge in [-0.2, -0.15) is 0 Å². The average Bonchev–Trinajstić information content (AvgIpc) is 2.92. The van der Waals surface area contributed by atoms with Crippen molar-refractivity contribution < 1.29 is 9.59 Å². The fourth-order valence-corrected chi connectivity index (χ4v) is 3.19. The van der Waals surface area contributed by atoms with Crippen molar-refractivity contribution in [2.75, 3.05) is 6.54 Å². The zero-order valence-electron chi connectivity index (χ0n) is 12.3. The summed E-state index contributed by atoms with van der Waals surface area (Å²) >= 11 is 1.55. The number of nitrogens with one attached hydrogen (secondary N) is 1. The van der Waals surface area contributed by atoms with Crippen LogP contribution >= 0.6 is 11.3 Å². The Hall–Kier alpha value is -1.89. The van der Waals surface area contributed by atoms with Gasteiger partial charge in [-0.1, -0.05) is 20.8 Å². The fourth-order valence-electron chi connectivity index (χ4n) is 2.47. The minimum absolute atomic E-state index is 0.0431. The summed E-state index contributed by atoms with van der Waals surface area (Å²) in [6.07, 6.45) is 3.83. The Balaban J connectivity index is 1.81. The van der Waals surface area contributed by atoms with Crippen LogP contribution in [0.1, 0.15) is 26.5 Å². The quantitative estimate of drug-likeness (QED) is 0.908. The van der Waals surface area contributed by atoms with Crippen molar-refractivity contribution in [3.05, 3.63) is 23.5 Å². The maximum absolute atomic E-state index is 12.6. The molecule has 0 aromatic carbocycles. The van der Waals surface area contributed by atoms with E-state index < -0.39 is 6.04 Å². The van der Waals surface area contributed by atoms with Gasteiger partial charge in [0.25, 0.3) is 0 Å². The second kappa shape index (κ2) is 4.84. The van der Waals surface area contributed by atoms with Crippen molar-refractivity contribution in [3.8, 4) is 0 Å². The lowest BCUT2D eigenvalue weighted by molar-refractivity contribution is -0.148. The van der Waals surface area contributed by atoms with E-state index in [0.29, 0.717) is 6.54 Å². The number of hydrogen-bond donors (Lipinski definition) is 1. The van der Waals surface area contributed by atoms with Crippen LogP contribution in [0.3, 0.4) is 0 Å². The number of aromatic nitrogens is 2. The summed E-state index contributed by atoms with van der Waals surface area (Å²) in [7, 11) is 0. The molecule has 1 fully saturated rings. The molecule has 2 aromatic heterocycles. The van der Waals surface area contributed by atoms with E-state index in [2.05, 4.69) is 10.3 Å². The molecule has 0 bridgehead atoms.